The van der Waals surface area contributed by atoms with Gasteiger partial charge in [0.1, 0.15) is 0 Å². The van der Waals surface area contributed by atoms with Crippen LogP contribution in [0.15, 0.2) is 0 Å². The van der Waals surface area contributed by atoms with Crippen LogP contribution in [-0.4, -0.2) is 37.1 Å². The van der Waals surface area contributed by atoms with Crippen LogP contribution in [0.3, 0.4) is 0 Å². The van der Waals surface area contributed by atoms with Gasteiger partial charge in [0.05, 0.1) is 0 Å². The van der Waals surface area contributed by atoms with E-state index in [2.05, 4.69) is 24.1 Å². The van der Waals surface area contributed by atoms with E-state index in [1.165, 1.54) is 64.7 Å². The Morgan fingerprint density at radius 3 is 2.71 bits per heavy atom. The SMILES string of the molecule is CCC(C)CN1CCNC(C2CCCCC2)C1. The number of nitrogens with one attached hydrogen (secondary N) is 1. The van der Waals surface area contributed by atoms with Gasteiger partial charge < -0.3 is 10.2 Å². The van der Waals surface area contributed by atoms with Crippen LogP contribution in [0.25, 0.3) is 0 Å². The lowest BCUT2D eigenvalue weighted by atomic mass is 9.83. The second-order valence-electron chi connectivity index (χ2n) is 6.23. The zero-order chi connectivity index (χ0) is 12.1. The van der Waals surface area contributed by atoms with E-state index in [0.717, 1.165) is 17.9 Å². The van der Waals surface area contributed by atoms with E-state index in [-0.39, 0.29) is 0 Å². The molecule has 0 aromatic carbocycles. The van der Waals surface area contributed by atoms with Crippen LogP contribution in [0.2, 0.25) is 0 Å². The number of piperazine rings is 1. The molecule has 17 heavy (non-hydrogen) atoms. The van der Waals surface area contributed by atoms with Crippen molar-refractivity contribution >= 4 is 0 Å². The molecule has 0 aromatic heterocycles. The molecule has 2 rings (SSSR count). The Morgan fingerprint density at radius 1 is 1.24 bits per heavy atom. The molecule has 2 heteroatoms. The molecule has 1 saturated heterocycles. The van der Waals surface area contributed by atoms with Gasteiger partial charge in [-0.1, -0.05) is 39.5 Å². The number of hydrogen-bond acceptors (Lipinski definition) is 2. The third-order valence-corrected chi connectivity index (χ3v) is 4.78. The predicted octanol–water partition coefficient (Wildman–Crippen LogP) is 2.89. The normalized spacial score (nSPS) is 30.4. The van der Waals surface area contributed by atoms with Gasteiger partial charge in [-0.3, -0.25) is 0 Å². The Hall–Kier alpha value is -0.0800. The molecule has 2 unspecified atom stereocenters. The molecule has 1 aliphatic heterocycles. The smallest absolute Gasteiger partial charge is 0.0223 e. The van der Waals surface area contributed by atoms with E-state index in [9.17, 15) is 0 Å². The Morgan fingerprint density at radius 2 is 2.00 bits per heavy atom. The molecule has 0 bridgehead atoms. The van der Waals surface area contributed by atoms with E-state index >= 15 is 0 Å². The summed E-state index contributed by atoms with van der Waals surface area (Å²) in [5.74, 6) is 1.82. The summed E-state index contributed by atoms with van der Waals surface area (Å²) in [6.07, 6.45) is 8.66. The summed E-state index contributed by atoms with van der Waals surface area (Å²) in [5, 5.41) is 3.77. The highest BCUT2D eigenvalue weighted by atomic mass is 15.2. The van der Waals surface area contributed by atoms with Crippen molar-refractivity contribution in [3.05, 3.63) is 0 Å². The molecule has 2 atom stereocenters. The number of rotatable bonds is 4. The molecule has 2 aliphatic rings. The van der Waals surface area contributed by atoms with Crippen LogP contribution in [0.5, 0.6) is 0 Å². The fourth-order valence-electron chi connectivity index (χ4n) is 3.43. The average molecular weight is 238 g/mol. The van der Waals surface area contributed by atoms with Gasteiger partial charge in [0.15, 0.2) is 0 Å². The highest BCUT2D eigenvalue weighted by Gasteiger charge is 2.28. The Labute approximate surface area is 107 Å². The molecule has 1 aliphatic carbocycles. The Bertz CT molecular complexity index is 211. The lowest BCUT2D eigenvalue weighted by Gasteiger charge is -2.40. The molecule has 0 spiro atoms. The number of hydrogen-bond donors (Lipinski definition) is 1. The molecule has 2 nitrogen and oxygen atoms in total. The maximum absolute atomic E-state index is 3.77. The monoisotopic (exact) mass is 238 g/mol. The Kier molecular flexibility index (Phi) is 5.30. The van der Waals surface area contributed by atoms with Crippen molar-refractivity contribution in [1.29, 1.82) is 0 Å². The molecule has 1 saturated carbocycles. The second-order valence-corrected chi connectivity index (χ2v) is 6.23. The van der Waals surface area contributed by atoms with Gasteiger partial charge in [-0.2, -0.15) is 0 Å². The summed E-state index contributed by atoms with van der Waals surface area (Å²) in [6.45, 7) is 9.77. The van der Waals surface area contributed by atoms with Crippen molar-refractivity contribution in [3.63, 3.8) is 0 Å². The maximum atomic E-state index is 3.77. The molecule has 0 aromatic rings. The lowest BCUT2D eigenvalue weighted by molar-refractivity contribution is 0.132. The fraction of sp³-hybridized carbons (Fsp3) is 1.00. The van der Waals surface area contributed by atoms with E-state index in [4.69, 9.17) is 0 Å². The van der Waals surface area contributed by atoms with Gasteiger partial charge in [-0.25, -0.2) is 0 Å². The first-order valence-corrected chi connectivity index (χ1v) is 7.75. The molecule has 2 fully saturated rings. The van der Waals surface area contributed by atoms with Crippen molar-refractivity contribution in [2.45, 2.75) is 58.4 Å². The fourth-order valence-corrected chi connectivity index (χ4v) is 3.43. The van der Waals surface area contributed by atoms with Gasteiger partial charge in [0, 0.05) is 32.2 Å². The van der Waals surface area contributed by atoms with Crippen LogP contribution in [-0.2, 0) is 0 Å². The summed E-state index contributed by atoms with van der Waals surface area (Å²) in [7, 11) is 0. The van der Waals surface area contributed by atoms with Crippen molar-refractivity contribution in [1.82, 2.24) is 10.2 Å². The van der Waals surface area contributed by atoms with Gasteiger partial charge in [-0.15, -0.1) is 0 Å². The molecule has 0 radical (unpaired) electrons. The summed E-state index contributed by atoms with van der Waals surface area (Å²) in [5.41, 5.74) is 0. The van der Waals surface area contributed by atoms with Gasteiger partial charge in [-0.05, 0) is 24.7 Å². The molecule has 100 valence electrons. The average Bonchev–Trinajstić information content (AvgIpc) is 2.40. The second kappa shape index (κ2) is 6.75. The summed E-state index contributed by atoms with van der Waals surface area (Å²) in [4.78, 5) is 2.70. The minimum Gasteiger partial charge on any atom is -0.311 e. The maximum Gasteiger partial charge on any atom is 0.0223 e. The molecule has 0 amide bonds. The largest absolute Gasteiger partial charge is 0.311 e. The molecular weight excluding hydrogens is 208 g/mol. The third-order valence-electron chi connectivity index (χ3n) is 4.78. The van der Waals surface area contributed by atoms with Gasteiger partial charge in [0.25, 0.3) is 0 Å². The zero-order valence-electron chi connectivity index (χ0n) is 11.8. The van der Waals surface area contributed by atoms with Crippen molar-refractivity contribution < 1.29 is 0 Å². The summed E-state index contributed by atoms with van der Waals surface area (Å²) < 4.78 is 0. The molecule has 1 N–H and O–H groups in total. The summed E-state index contributed by atoms with van der Waals surface area (Å²) in [6, 6.07) is 0.785. The lowest BCUT2D eigenvalue weighted by Crippen LogP contribution is -2.54. The minimum atomic E-state index is 0.785. The van der Waals surface area contributed by atoms with E-state index in [0.29, 0.717) is 0 Å². The van der Waals surface area contributed by atoms with E-state index < -0.39 is 0 Å². The van der Waals surface area contributed by atoms with Crippen LogP contribution < -0.4 is 5.32 Å². The van der Waals surface area contributed by atoms with Gasteiger partial charge >= 0.3 is 0 Å². The first kappa shape index (κ1) is 13.4. The first-order valence-electron chi connectivity index (χ1n) is 7.75. The molecular formula is C15H30N2. The standard InChI is InChI=1S/C15H30N2/c1-3-13(2)11-17-10-9-16-15(12-17)14-7-5-4-6-8-14/h13-16H,3-12H2,1-2H3. The van der Waals surface area contributed by atoms with Crippen LogP contribution >= 0.6 is 0 Å². The van der Waals surface area contributed by atoms with Gasteiger partial charge in [0.2, 0.25) is 0 Å². The number of nitrogens with zero attached hydrogens (tertiary/aromatic N) is 1. The van der Waals surface area contributed by atoms with E-state index in [1.807, 2.05) is 0 Å². The topological polar surface area (TPSA) is 15.3 Å². The van der Waals surface area contributed by atoms with Crippen molar-refractivity contribution in [2.24, 2.45) is 11.8 Å². The van der Waals surface area contributed by atoms with Crippen LogP contribution in [0.4, 0.5) is 0 Å². The van der Waals surface area contributed by atoms with Crippen molar-refractivity contribution in [2.75, 3.05) is 26.2 Å². The third kappa shape index (κ3) is 3.96. The highest BCUT2D eigenvalue weighted by Crippen LogP contribution is 2.27. The quantitative estimate of drug-likeness (QED) is 0.810. The van der Waals surface area contributed by atoms with E-state index in [1.54, 1.807) is 0 Å². The molecule has 1 heterocycles. The van der Waals surface area contributed by atoms with Crippen molar-refractivity contribution in [3.8, 4) is 0 Å². The Balaban J connectivity index is 1.79. The predicted molar refractivity (Wildman–Crippen MR) is 74.3 cm³/mol. The zero-order valence-corrected chi connectivity index (χ0v) is 11.8. The van der Waals surface area contributed by atoms with Crippen LogP contribution in [0, 0.1) is 11.8 Å². The van der Waals surface area contributed by atoms with Crippen LogP contribution in [0.1, 0.15) is 52.4 Å². The summed E-state index contributed by atoms with van der Waals surface area (Å²) >= 11 is 0. The first-order chi connectivity index (χ1) is 8.29. The minimum absolute atomic E-state index is 0.785. The highest BCUT2D eigenvalue weighted by molar-refractivity contribution is 4.86.